The van der Waals surface area contributed by atoms with Gasteiger partial charge in [0.1, 0.15) is 0 Å². The zero-order valence-corrected chi connectivity index (χ0v) is 10.3. The van der Waals surface area contributed by atoms with E-state index < -0.39 is 0 Å². The van der Waals surface area contributed by atoms with Crippen molar-refractivity contribution in [3.63, 3.8) is 0 Å². The molecule has 0 spiro atoms. The van der Waals surface area contributed by atoms with E-state index in [2.05, 4.69) is 12.2 Å². The fourth-order valence-corrected chi connectivity index (χ4v) is 3.66. The summed E-state index contributed by atoms with van der Waals surface area (Å²) < 4.78 is 0. The maximum Gasteiger partial charge on any atom is 0.233 e. The molecule has 1 saturated carbocycles. The predicted molar refractivity (Wildman–Crippen MR) is 63.1 cm³/mol. The lowest BCUT2D eigenvalue weighted by Crippen LogP contribution is -2.41. The summed E-state index contributed by atoms with van der Waals surface area (Å²) in [4.78, 5) is 25.9. The molecule has 4 heteroatoms. The third-order valence-electron chi connectivity index (χ3n) is 4.53. The Labute approximate surface area is 102 Å². The second-order valence-electron chi connectivity index (χ2n) is 5.87. The number of hydrogen-bond acceptors (Lipinski definition) is 3. The van der Waals surface area contributed by atoms with Crippen molar-refractivity contribution < 1.29 is 9.59 Å². The lowest BCUT2D eigenvalue weighted by molar-refractivity contribution is -0.140. The van der Waals surface area contributed by atoms with Crippen molar-refractivity contribution in [2.45, 2.75) is 38.6 Å². The number of fused-ring (bicyclic) bond motifs is 1. The minimum absolute atomic E-state index is 0.00102. The summed E-state index contributed by atoms with van der Waals surface area (Å²) in [6.07, 6.45) is 4.06. The number of likely N-dealkylation sites (tertiary alicyclic amines) is 1. The highest BCUT2D eigenvalue weighted by Gasteiger charge is 2.51. The number of hydrogen-bond donors (Lipinski definition) is 1. The van der Waals surface area contributed by atoms with E-state index in [1.165, 1.54) is 4.90 Å². The highest BCUT2D eigenvalue weighted by molar-refractivity contribution is 6.05. The van der Waals surface area contributed by atoms with Gasteiger partial charge in [0.25, 0.3) is 0 Å². The average molecular weight is 236 g/mol. The van der Waals surface area contributed by atoms with Crippen LogP contribution in [0, 0.1) is 17.8 Å². The number of imide groups is 1. The van der Waals surface area contributed by atoms with Gasteiger partial charge in [-0.05, 0) is 38.1 Å². The molecule has 94 valence electrons. The summed E-state index contributed by atoms with van der Waals surface area (Å²) in [5.41, 5.74) is 0. The smallest absolute Gasteiger partial charge is 0.233 e. The maximum atomic E-state index is 12.2. The number of amides is 2. The van der Waals surface area contributed by atoms with Gasteiger partial charge in [-0.1, -0.05) is 6.92 Å². The van der Waals surface area contributed by atoms with Crippen LogP contribution in [0.4, 0.5) is 0 Å². The number of rotatable bonds is 2. The summed E-state index contributed by atoms with van der Waals surface area (Å²) >= 11 is 0. The Morgan fingerprint density at radius 1 is 1.24 bits per heavy atom. The van der Waals surface area contributed by atoms with Crippen LogP contribution in [0.15, 0.2) is 0 Å². The van der Waals surface area contributed by atoms with E-state index >= 15 is 0 Å². The number of carbonyl (C=O) groups excluding carboxylic acids is 2. The molecule has 0 bridgehead atoms. The van der Waals surface area contributed by atoms with Crippen molar-refractivity contribution in [1.82, 2.24) is 10.2 Å². The number of nitrogens with zero attached hydrogens (tertiary/aromatic N) is 1. The van der Waals surface area contributed by atoms with Gasteiger partial charge in [0.15, 0.2) is 0 Å². The summed E-state index contributed by atoms with van der Waals surface area (Å²) in [6.45, 7) is 3.76. The van der Waals surface area contributed by atoms with E-state index in [4.69, 9.17) is 0 Å². The Hall–Kier alpha value is -0.900. The fourth-order valence-electron chi connectivity index (χ4n) is 3.66. The molecule has 17 heavy (non-hydrogen) atoms. The highest BCUT2D eigenvalue weighted by Crippen LogP contribution is 2.42. The molecule has 2 aliphatic heterocycles. The molecule has 2 heterocycles. The van der Waals surface area contributed by atoms with Crippen molar-refractivity contribution in [2.24, 2.45) is 17.8 Å². The van der Waals surface area contributed by atoms with E-state index in [1.807, 2.05) is 0 Å². The molecular formula is C13H20N2O2. The minimum atomic E-state index is -0.00102. The molecule has 3 aliphatic rings. The minimum Gasteiger partial charge on any atom is -0.312 e. The molecule has 3 fully saturated rings. The Morgan fingerprint density at radius 3 is 2.41 bits per heavy atom. The summed E-state index contributed by atoms with van der Waals surface area (Å²) in [7, 11) is 0. The van der Waals surface area contributed by atoms with Gasteiger partial charge in [-0.3, -0.25) is 14.5 Å². The first kappa shape index (κ1) is 11.2. The first-order valence-electron chi connectivity index (χ1n) is 6.75. The van der Waals surface area contributed by atoms with E-state index in [9.17, 15) is 9.59 Å². The average Bonchev–Trinajstić information content (AvgIpc) is 2.96. The van der Waals surface area contributed by atoms with Crippen LogP contribution in [0.5, 0.6) is 0 Å². The van der Waals surface area contributed by atoms with Crippen LogP contribution < -0.4 is 5.32 Å². The summed E-state index contributed by atoms with van der Waals surface area (Å²) in [5.74, 6) is 0.721. The predicted octanol–water partition coefficient (Wildman–Crippen LogP) is 0.770. The van der Waals surface area contributed by atoms with Crippen LogP contribution in [-0.2, 0) is 9.59 Å². The largest absolute Gasteiger partial charge is 0.312 e. The Bertz CT molecular complexity index is 325. The normalized spacial score (nSPS) is 41.4. The zero-order valence-electron chi connectivity index (χ0n) is 10.3. The third-order valence-corrected chi connectivity index (χ3v) is 4.53. The Balaban J connectivity index is 1.70. The number of carbonyl (C=O) groups is 2. The quantitative estimate of drug-likeness (QED) is 0.720. The van der Waals surface area contributed by atoms with Gasteiger partial charge in [-0.2, -0.15) is 0 Å². The van der Waals surface area contributed by atoms with Gasteiger partial charge in [-0.15, -0.1) is 0 Å². The molecule has 1 N–H and O–H groups in total. The van der Waals surface area contributed by atoms with Crippen molar-refractivity contribution in [3.05, 3.63) is 0 Å². The molecular weight excluding hydrogens is 216 g/mol. The lowest BCUT2D eigenvalue weighted by Gasteiger charge is -2.20. The van der Waals surface area contributed by atoms with Crippen LogP contribution in [0.3, 0.4) is 0 Å². The van der Waals surface area contributed by atoms with E-state index in [0.717, 1.165) is 32.2 Å². The van der Waals surface area contributed by atoms with Crippen LogP contribution in [0.1, 0.15) is 32.6 Å². The molecule has 0 radical (unpaired) electrons. The molecule has 4 nitrogen and oxygen atoms in total. The van der Waals surface area contributed by atoms with Gasteiger partial charge in [0.2, 0.25) is 11.8 Å². The van der Waals surface area contributed by atoms with Crippen LogP contribution in [0.25, 0.3) is 0 Å². The summed E-state index contributed by atoms with van der Waals surface area (Å²) in [6, 6.07) is 0.333. The second kappa shape index (κ2) is 4.09. The fraction of sp³-hybridized carbons (Fsp3) is 0.846. The van der Waals surface area contributed by atoms with Gasteiger partial charge in [-0.25, -0.2) is 0 Å². The lowest BCUT2D eigenvalue weighted by atomic mass is 10.00. The first-order chi connectivity index (χ1) is 8.16. The SMILES string of the molecule is CC1CC2C(=O)N(C[C@@H]3CCCN3)C(=O)C2C1. The number of nitrogens with one attached hydrogen (secondary N) is 1. The van der Waals surface area contributed by atoms with Crippen molar-refractivity contribution >= 4 is 11.8 Å². The molecule has 2 amide bonds. The van der Waals surface area contributed by atoms with Crippen molar-refractivity contribution in [3.8, 4) is 0 Å². The van der Waals surface area contributed by atoms with Crippen LogP contribution in [0.2, 0.25) is 0 Å². The maximum absolute atomic E-state index is 12.2. The molecule has 1 aliphatic carbocycles. The van der Waals surface area contributed by atoms with Gasteiger partial charge in [0, 0.05) is 12.6 Å². The van der Waals surface area contributed by atoms with Crippen molar-refractivity contribution in [2.75, 3.05) is 13.1 Å². The highest BCUT2D eigenvalue weighted by atomic mass is 16.2. The van der Waals surface area contributed by atoms with Gasteiger partial charge >= 0.3 is 0 Å². The Kier molecular flexibility index (Phi) is 2.69. The van der Waals surface area contributed by atoms with Crippen LogP contribution in [-0.4, -0.2) is 35.8 Å². The third kappa shape index (κ3) is 1.79. The van der Waals surface area contributed by atoms with Gasteiger partial charge in [0.05, 0.1) is 11.8 Å². The molecule has 2 saturated heterocycles. The molecule has 0 aromatic heterocycles. The molecule has 0 aromatic rings. The molecule has 2 unspecified atom stereocenters. The van der Waals surface area contributed by atoms with E-state index in [-0.39, 0.29) is 23.7 Å². The second-order valence-corrected chi connectivity index (χ2v) is 5.87. The van der Waals surface area contributed by atoms with Crippen molar-refractivity contribution in [1.29, 1.82) is 0 Å². The van der Waals surface area contributed by atoms with E-state index in [1.54, 1.807) is 0 Å². The zero-order chi connectivity index (χ0) is 12.0. The first-order valence-corrected chi connectivity index (χ1v) is 6.75. The monoisotopic (exact) mass is 236 g/mol. The van der Waals surface area contributed by atoms with Gasteiger partial charge < -0.3 is 5.32 Å². The molecule has 3 rings (SSSR count). The molecule has 0 aromatic carbocycles. The summed E-state index contributed by atoms with van der Waals surface area (Å²) in [5, 5.41) is 3.35. The van der Waals surface area contributed by atoms with E-state index in [0.29, 0.717) is 18.5 Å². The standard InChI is InChI=1S/C13H20N2O2/c1-8-5-10-11(6-8)13(17)15(12(10)16)7-9-3-2-4-14-9/h8-11,14H,2-7H2,1H3/t8?,9-,10?,11?/m0/s1. The topological polar surface area (TPSA) is 49.4 Å². The Morgan fingerprint density at radius 2 is 1.88 bits per heavy atom. The van der Waals surface area contributed by atoms with Crippen LogP contribution >= 0.6 is 0 Å². The molecule has 3 atom stereocenters.